The second-order valence-corrected chi connectivity index (χ2v) is 7.70. The van der Waals surface area contributed by atoms with Gasteiger partial charge >= 0.3 is 5.97 Å². The Labute approximate surface area is 171 Å². The van der Waals surface area contributed by atoms with Gasteiger partial charge in [-0.1, -0.05) is 73.1 Å². The Morgan fingerprint density at radius 3 is 2.38 bits per heavy atom. The lowest BCUT2D eigenvalue weighted by molar-refractivity contribution is -0.157. The predicted molar refractivity (Wildman–Crippen MR) is 113 cm³/mol. The van der Waals surface area contributed by atoms with E-state index in [0.29, 0.717) is 12.1 Å². The molecule has 0 bridgehead atoms. The van der Waals surface area contributed by atoms with Crippen molar-refractivity contribution in [2.75, 3.05) is 0 Å². The fraction of sp³-hybridized carbons (Fsp3) is 0.333. The monoisotopic (exact) mass is 393 g/mol. The van der Waals surface area contributed by atoms with E-state index >= 15 is 0 Å². The summed E-state index contributed by atoms with van der Waals surface area (Å²) in [5.41, 5.74) is 2.91. The molecule has 2 aromatic carbocycles. The standard InChI is InChI=1S/C24H27NO4/c1-4-8-20(22-21(26)15-24(2,3)29-23(22)27)25-28-16-17-11-13-19(14-12-17)18-9-6-5-7-10-18/h5-7,9-15,22,26H,4,8,16H2,1-3H3/b25-20+. The van der Waals surface area contributed by atoms with E-state index in [1.807, 2.05) is 49.4 Å². The molecule has 0 amide bonds. The molecule has 29 heavy (non-hydrogen) atoms. The second kappa shape index (κ2) is 8.95. The van der Waals surface area contributed by atoms with E-state index < -0.39 is 17.5 Å². The van der Waals surface area contributed by atoms with Gasteiger partial charge in [0.05, 0.1) is 5.71 Å². The highest BCUT2D eigenvalue weighted by atomic mass is 16.6. The van der Waals surface area contributed by atoms with Crippen LogP contribution in [0.2, 0.25) is 0 Å². The predicted octanol–water partition coefficient (Wildman–Crippen LogP) is 5.42. The number of nitrogens with zero attached hydrogens (tertiary/aromatic N) is 1. The molecular formula is C24H27NO4. The Balaban J connectivity index is 1.69. The van der Waals surface area contributed by atoms with Crippen molar-refractivity contribution < 1.29 is 19.5 Å². The van der Waals surface area contributed by atoms with E-state index in [0.717, 1.165) is 23.1 Å². The van der Waals surface area contributed by atoms with E-state index in [1.54, 1.807) is 19.9 Å². The zero-order valence-corrected chi connectivity index (χ0v) is 17.1. The number of hydrogen-bond donors (Lipinski definition) is 1. The molecule has 0 saturated carbocycles. The molecule has 0 aromatic heterocycles. The first-order chi connectivity index (χ1) is 13.9. The van der Waals surface area contributed by atoms with Crippen LogP contribution in [0.4, 0.5) is 0 Å². The zero-order chi connectivity index (χ0) is 20.9. The first kappa shape index (κ1) is 20.6. The number of ether oxygens (including phenoxy) is 1. The van der Waals surface area contributed by atoms with Gasteiger partial charge in [-0.15, -0.1) is 0 Å². The molecular weight excluding hydrogens is 366 g/mol. The molecule has 0 spiro atoms. The zero-order valence-electron chi connectivity index (χ0n) is 17.1. The van der Waals surface area contributed by atoms with E-state index in [1.165, 1.54) is 0 Å². The number of cyclic esters (lactones) is 1. The fourth-order valence-electron chi connectivity index (χ4n) is 3.33. The third-order valence-corrected chi connectivity index (χ3v) is 4.70. The van der Waals surface area contributed by atoms with E-state index in [-0.39, 0.29) is 12.4 Å². The smallest absolute Gasteiger partial charge is 0.323 e. The summed E-state index contributed by atoms with van der Waals surface area (Å²) < 4.78 is 5.39. The quantitative estimate of drug-likeness (QED) is 0.387. The van der Waals surface area contributed by atoms with Crippen LogP contribution >= 0.6 is 0 Å². The van der Waals surface area contributed by atoms with E-state index in [9.17, 15) is 9.90 Å². The first-order valence-electron chi connectivity index (χ1n) is 9.87. The highest BCUT2D eigenvalue weighted by Gasteiger charge is 2.39. The van der Waals surface area contributed by atoms with Crippen LogP contribution in [0.15, 0.2) is 71.6 Å². The van der Waals surface area contributed by atoms with Crippen molar-refractivity contribution in [2.45, 2.75) is 45.8 Å². The normalized spacial score (nSPS) is 18.7. The van der Waals surface area contributed by atoms with Crippen LogP contribution in [0.25, 0.3) is 11.1 Å². The maximum absolute atomic E-state index is 12.4. The van der Waals surface area contributed by atoms with Crippen molar-refractivity contribution >= 4 is 11.7 Å². The number of esters is 1. The molecule has 0 saturated heterocycles. The molecule has 1 aliphatic heterocycles. The van der Waals surface area contributed by atoms with Crippen LogP contribution in [-0.2, 0) is 21.0 Å². The number of carbonyl (C=O) groups excluding carboxylic acids is 1. The SMILES string of the molecule is CCC/C(=N\OCc1ccc(-c2ccccc2)cc1)C1C(=O)OC(C)(C)C=C1O. The first-order valence-corrected chi connectivity index (χ1v) is 9.87. The highest BCUT2D eigenvalue weighted by molar-refractivity contribution is 6.05. The lowest BCUT2D eigenvalue weighted by atomic mass is 9.91. The number of rotatable bonds is 7. The van der Waals surface area contributed by atoms with Gasteiger partial charge in [-0.3, -0.25) is 4.79 Å². The van der Waals surface area contributed by atoms with Crippen LogP contribution in [0.3, 0.4) is 0 Å². The third kappa shape index (κ3) is 5.25. The van der Waals surface area contributed by atoms with Gasteiger partial charge < -0.3 is 14.7 Å². The third-order valence-electron chi connectivity index (χ3n) is 4.70. The Morgan fingerprint density at radius 2 is 1.76 bits per heavy atom. The Bertz CT molecular complexity index is 898. The van der Waals surface area contributed by atoms with E-state index in [2.05, 4.69) is 17.3 Å². The summed E-state index contributed by atoms with van der Waals surface area (Å²) in [4.78, 5) is 17.9. The molecule has 0 radical (unpaired) electrons. The maximum atomic E-state index is 12.4. The number of carbonyl (C=O) groups is 1. The molecule has 0 fully saturated rings. The molecule has 2 aromatic rings. The number of aliphatic hydroxyl groups is 1. The van der Waals surface area contributed by atoms with Crippen molar-refractivity contribution in [3.63, 3.8) is 0 Å². The lowest BCUT2D eigenvalue weighted by Crippen LogP contribution is -2.40. The van der Waals surface area contributed by atoms with Crippen LogP contribution in [0, 0.1) is 5.92 Å². The minimum Gasteiger partial charge on any atom is -0.511 e. The van der Waals surface area contributed by atoms with Crippen LogP contribution in [0.5, 0.6) is 0 Å². The molecule has 0 aliphatic carbocycles. The number of hydrogen-bond acceptors (Lipinski definition) is 5. The van der Waals surface area contributed by atoms with E-state index in [4.69, 9.17) is 9.57 Å². The minimum absolute atomic E-state index is 0.0331. The average Bonchev–Trinajstić information content (AvgIpc) is 2.68. The van der Waals surface area contributed by atoms with Gasteiger partial charge in [0, 0.05) is 0 Å². The topological polar surface area (TPSA) is 68.1 Å². The van der Waals surface area contributed by atoms with Crippen molar-refractivity contribution in [3.05, 3.63) is 72.0 Å². The summed E-state index contributed by atoms with van der Waals surface area (Å²) in [5, 5.41) is 14.5. The summed E-state index contributed by atoms with van der Waals surface area (Å²) >= 11 is 0. The Kier molecular flexibility index (Phi) is 6.37. The number of oxime groups is 1. The van der Waals surface area contributed by atoms with Crippen molar-refractivity contribution in [1.82, 2.24) is 0 Å². The Morgan fingerprint density at radius 1 is 1.10 bits per heavy atom. The van der Waals surface area contributed by atoms with Crippen molar-refractivity contribution in [3.8, 4) is 11.1 Å². The molecule has 5 nitrogen and oxygen atoms in total. The highest BCUT2D eigenvalue weighted by Crippen LogP contribution is 2.28. The summed E-state index contributed by atoms with van der Waals surface area (Å²) in [5.74, 6) is -1.43. The number of benzene rings is 2. The van der Waals surface area contributed by atoms with Gasteiger partial charge in [-0.2, -0.15) is 0 Å². The van der Waals surface area contributed by atoms with Gasteiger partial charge in [-0.25, -0.2) is 0 Å². The maximum Gasteiger partial charge on any atom is 0.323 e. The van der Waals surface area contributed by atoms with Crippen LogP contribution < -0.4 is 0 Å². The summed E-state index contributed by atoms with van der Waals surface area (Å²) in [6.07, 6.45) is 2.85. The summed E-state index contributed by atoms with van der Waals surface area (Å²) in [6.45, 7) is 5.71. The largest absolute Gasteiger partial charge is 0.511 e. The molecule has 1 heterocycles. The fourth-order valence-corrected chi connectivity index (χ4v) is 3.33. The lowest BCUT2D eigenvalue weighted by Gasteiger charge is -2.30. The summed E-state index contributed by atoms with van der Waals surface area (Å²) in [6, 6.07) is 18.2. The van der Waals surface area contributed by atoms with Gasteiger partial charge in [0.2, 0.25) is 0 Å². The average molecular weight is 393 g/mol. The molecule has 152 valence electrons. The molecule has 3 rings (SSSR count). The minimum atomic E-state index is -0.900. The molecule has 5 heteroatoms. The van der Waals surface area contributed by atoms with Gasteiger partial charge in [0.15, 0.2) is 5.92 Å². The molecule has 1 aliphatic rings. The Hall–Kier alpha value is -3.08. The number of aliphatic hydroxyl groups excluding tert-OH is 1. The van der Waals surface area contributed by atoms with Crippen LogP contribution in [0.1, 0.15) is 39.2 Å². The summed E-state index contributed by atoms with van der Waals surface area (Å²) in [7, 11) is 0. The van der Waals surface area contributed by atoms with Crippen LogP contribution in [-0.4, -0.2) is 22.4 Å². The molecule has 1 N–H and O–H groups in total. The second-order valence-electron chi connectivity index (χ2n) is 7.70. The van der Waals surface area contributed by atoms with Gasteiger partial charge in [0.25, 0.3) is 0 Å². The van der Waals surface area contributed by atoms with Crippen molar-refractivity contribution in [1.29, 1.82) is 0 Å². The molecule has 1 atom stereocenters. The van der Waals surface area contributed by atoms with Crippen molar-refractivity contribution in [2.24, 2.45) is 11.1 Å². The van der Waals surface area contributed by atoms with Gasteiger partial charge in [0.1, 0.15) is 18.0 Å². The molecule has 1 unspecified atom stereocenters. The van der Waals surface area contributed by atoms with Gasteiger partial charge in [-0.05, 0) is 43.0 Å².